The Balaban J connectivity index is 1.87. The average Bonchev–Trinajstić information content (AvgIpc) is 2.71. The molecule has 3 rings (SSSR count). The average molecular weight is 420 g/mol. The van der Waals surface area contributed by atoms with Crippen molar-refractivity contribution in [2.24, 2.45) is 0 Å². The highest BCUT2D eigenvalue weighted by atomic mass is 32.3. The van der Waals surface area contributed by atoms with Gasteiger partial charge in [-0.2, -0.15) is 10.6 Å². The second kappa shape index (κ2) is 8.81. The molecule has 1 fully saturated rings. The lowest BCUT2D eigenvalue weighted by atomic mass is 10.1. The maximum atomic E-state index is 12.8. The molecule has 0 radical (unpaired) electrons. The summed E-state index contributed by atoms with van der Waals surface area (Å²) in [6.45, 7) is 0.231. The van der Waals surface area contributed by atoms with Gasteiger partial charge in [0.2, 0.25) is 0 Å². The molecule has 8 nitrogen and oxygen atoms in total. The molecule has 0 atom stereocenters. The van der Waals surface area contributed by atoms with Gasteiger partial charge in [-0.25, -0.2) is 0 Å². The zero-order valence-electron chi connectivity index (χ0n) is 16.1. The number of nitrogens with one attached hydrogen (secondary N) is 2. The number of rotatable bonds is 5. The van der Waals surface area contributed by atoms with Crippen molar-refractivity contribution in [1.82, 2.24) is 15.2 Å². The van der Waals surface area contributed by atoms with Crippen LogP contribution in [0.2, 0.25) is 0 Å². The van der Waals surface area contributed by atoms with Gasteiger partial charge >= 0.3 is 0 Å². The predicted octanol–water partition coefficient (Wildman–Crippen LogP) is 1.90. The zero-order valence-corrected chi connectivity index (χ0v) is 16.9. The molecule has 4 N–H and O–H groups in total. The lowest BCUT2D eigenvalue weighted by Crippen LogP contribution is -2.40. The minimum absolute atomic E-state index is 0.103. The van der Waals surface area contributed by atoms with Crippen molar-refractivity contribution >= 4 is 22.4 Å². The molecule has 0 spiro atoms. The van der Waals surface area contributed by atoms with E-state index in [-0.39, 0.29) is 35.2 Å². The third-order valence-electron chi connectivity index (χ3n) is 4.94. The third-order valence-corrected chi connectivity index (χ3v) is 6.72. The summed E-state index contributed by atoms with van der Waals surface area (Å²) < 4.78 is 20.8. The summed E-state index contributed by atoms with van der Waals surface area (Å²) in [5.41, 5.74) is 0.495. The molecule has 2 amide bonds. The van der Waals surface area contributed by atoms with Gasteiger partial charge in [-0.3, -0.25) is 23.5 Å². The lowest BCUT2D eigenvalue weighted by molar-refractivity contribution is 0.0933. The van der Waals surface area contributed by atoms with Crippen LogP contribution in [-0.4, -0.2) is 50.1 Å². The van der Waals surface area contributed by atoms with E-state index in [0.29, 0.717) is 12.8 Å². The summed E-state index contributed by atoms with van der Waals surface area (Å²) in [5, 5.41) is 5.31. The molecular weight excluding hydrogens is 394 g/mol. The molecule has 9 heteroatoms. The first-order valence-electron chi connectivity index (χ1n) is 9.34. The Kier molecular flexibility index (Phi) is 6.41. The lowest BCUT2D eigenvalue weighted by Gasteiger charge is -2.39. The Hall–Kier alpha value is -2.62. The van der Waals surface area contributed by atoms with Crippen molar-refractivity contribution in [3.8, 4) is 0 Å². The Morgan fingerprint density at radius 1 is 1.14 bits per heavy atom. The van der Waals surface area contributed by atoms with Crippen LogP contribution in [0.25, 0.3) is 0 Å². The highest BCUT2D eigenvalue weighted by molar-refractivity contribution is 8.24. The fourth-order valence-corrected chi connectivity index (χ4v) is 4.80. The maximum absolute atomic E-state index is 12.8. The zero-order chi connectivity index (χ0) is 21.0. The van der Waals surface area contributed by atoms with Crippen LogP contribution < -0.4 is 16.2 Å². The van der Waals surface area contributed by atoms with Crippen molar-refractivity contribution in [3.05, 3.63) is 69.6 Å². The summed E-state index contributed by atoms with van der Waals surface area (Å²) in [4.78, 5) is 37.7. The summed E-state index contributed by atoms with van der Waals surface area (Å²) in [6.07, 6.45) is 2.40. The summed E-state index contributed by atoms with van der Waals surface area (Å²) >= 11 is 0. The molecule has 0 saturated carbocycles. The molecule has 1 aliphatic rings. The van der Waals surface area contributed by atoms with Crippen molar-refractivity contribution in [1.29, 1.82) is 0 Å². The van der Waals surface area contributed by atoms with Crippen molar-refractivity contribution < 1.29 is 18.7 Å². The first kappa shape index (κ1) is 21.1. The van der Waals surface area contributed by atoms with Gasteiger partial charge < -0.3 is 15.2 Å². The quantitative estimate of drug-likeness (QED) is 0.590. The van der Waals surface area contributed by atoms with Crippen molar-refractivity contribution in [3.63, 3.8) is 0 Å². The van der Waals surface area contributed by atoms with Crippen LogP contribution in [0.4, 0.5) is 0 Å². The predicted molar refractivity (Wildman–Crippen MR) is 113 cm³/mol. The number of aromatic nitrogens is 1. The Morgan fingerprint density at radius 3 is 2.41 bits per heavy atom. The molecule has 0 unspecified atom stereocenters. The monoisotopic (exact) mass is 419 g/mol. The van der Waals surface area contributed by atoms with Gasteiger partial charge in [0, 0.05) is 30.8 Å². The second-order valence-corrected chi connectivity index (χ2v) is 9.52. The topological polar surface area (TPSA) is 121 Å². The molecule has 2 heterocycles. The molecule has 0 bridgehead atoms. The number of benzene rings is 1. The number of carbonyl (C=O) groups excluding carboxylic acids is 2. The molecular formula is C20H25N3O5S. The van der Waals surface area contributed by atoms with Gasteiger partial charge in [0.05, 0.1) is 12.1 Å². The van der Waals surface area contributed by atoms with Gasteiger partial charge in [0.1, 0.15) is 5.56 Å². The first-order chi connectivity index (χ1) is 13.8. The largest absolute Gasteiger partial charge is 0.355 e. The highest BCUT2D eigenvalue weighted by Crippen LogP contribution is 2.43. The van der Waals surface area contributed by atoms with Crippen LogP contribution in [0.5, 0.6) is 0 Å². The van der Waals surface area contributed by atoms with Crippen LogP contribution >= 0.6 is 10.6 Å². The number of nitrogens with zero attached hydrogens (tertiary/aromatic N) is 1. The SMILES string of the molecule is CNC(=O)c1cc(C(=O)NC2CCS(O)(O)CC2)cn(Cc2ccccc2)c1=O. The Bertz CT molecular complexity index is 948. The molecule has 29 heavy (non-hydrogen) atoms. The van der Waals surface area contributed by atoms with Crippen LogP contribution in [0.1, 0.15) is 39.1 Å². The van der Waals surface area contributed by atoms with Gasteiger partial charge in [0.25, 0.3) is 17.4 Å². The normalized spacial score (nSPS) is 17.3. The number of amides is 2. The van der Waals surface area contributed by atoms with Crippen LogP contribution in [0.3, 0.4) is 0 Å². The minimum atomic E-state index is -2.53. The molecule has 1 saturated heterocycles. The third kappa shape index (κ3) is 5.26. The smallest absolute Gasteiger partial charge is 0.263 e. The highest BCUT2D eigenvalue weighted by Gasteiger charge is 2.26. The van der Waals surface area contributed by atoms with Crippen molar-refractivity contribution in [2.45, 2.75) is 25.4 Å². The van der Waals surface area contributed by atoms with Gasteiger partial charge in [-0.1, -0.05) is 30.3 Å². The summed E-state index contributed by atoms with van der Waals surface area (Å²) in [7, 11) is -1.11. The molecule has 1 aromatic heterocycles. The molecule has 1 aromatic carbocycles. The van der Waals surface area contributed by atoms with E-state index < -0.39 is 28.0 Å². The Labute approximate surface area is 170 Å². The van der Waals surface area contributed by atoms with Crippen LogP contribution in [0.15, 0.2) is 47.4 Å². The molecule has 2 aromatic rings. The molecule has 1 aliphatic heterocycles. The van der Waals surface area contributed by atoms with E-state index in [1.54, 1.807) is 0 Å². The summed E-state index contributed by atoms with van der Waals surface area (Å²) in [5.74, 6) is -0.442. The minimum Gasteiger partial charge on any atom is -0.355 e. The van der Waals surface area contributed by atoms with E-state index >= 15 is 0 Å². The fourth-order valence-electron chi connectivity index (χ4n) is 3.28. The van der Waals surface area contributed by atoms with Crippen molar-refractivity contribution in [2.75, 3.05) is 18.6 Å². The standard InChI is InChI=1S/C20H25N3O5S/c1-21-19(25)17-11-15(18(24)22-16-7-9-29(27,28)10-8-16)13-23(20(17)26)12-14-5-3-2-4-6-14/h2-6,11,13,16,27-28H,7-10,12H2,1H3,(H,21,25)(H,22,24). The summed E-state index contributed by atoms with van der Waals surface area (Å²) in [6, 6.07) is 10.4. The molecule has 0 aliphatic carbocycles. The number of pyridine rings is 1. The fraction of sp³-hybridized carbons (Fsp3) is 0.350. The van der Waals surface area contributed by atoms with E-state index in [9.17, 15) is 23.5 Å². The number of hydrogen-bond acceptors (Lipinski definition) is 5. The van der Waals surface area contributed by atoms with E-state index in [0.717, 1.165) is 5.56 Å². The van der Waals surface area contributed by atoms with Gasteiger partial charge in [0.15, 0.2) is 0 Å². The first-order valence-corrected chi connectivity index (χ1v) is 11.2. The van der Waals surface area contributed by atoms with E-state index in [2.05, 4.69) is 10.6 Å². The Morgan fingerprint density at radius 2 is 1.79 bits per heavy atom. The van der Waals surface area contributed by atoms with E-state index in [1.807, 2.05) is 30.3 Å². The second-order valence-electron chi connectivity index (χ2n) is 7.10. The number of carbonyl (C=O) groups is 2. The van der Waals surface area contributed by atoms with E-state index in [1.165, 1.54) is 23.9 Å². The van der Waals surface area contributed by atoms with Gasteiger partial charge in [-0.05, 0) is 24.5 Å². The maximum Gasteiger partial charge on any atom is 0.263 e. The molecule has 156 valence electrons. The van der Waals surface area contributed by atoms with E-state index in [4.69, 9.17) is 0 Å². The van der Waals surface area contributed by atoms with Crippen LogP contribution in [0, 0.1) is 0 Å². The van der Waals surface area contributed by atoms with Gasteiger partial charge in [-0.15, -0.1) is 0 Å². The van der Waals surface area contributed by atoms with Crippen LogP contribution in [-0.2, 0) is 6.54 Å². The number of hydrogen-bond donors (Lipinski definition) is 4.